The fraction of sp³-hybridized carbons (Fsp3) is 0.667. The smallest absolute Gasteiger partial charge is 0.0132 e. The molecule has 2 heteroatoms. The van der Waals surface area contributed by atoms with Crippen LogP contribution in [0.25, 0.3) is 0 Å². The molecule has 0 unspecified atom stereocenters. The predicted molar refractivity (Wildman–Crippen MR) is 40.7 cm³/mol. The summed E-state index contributed by atoms with van der Waals surface area (Å²) in [6.07, 6.45) is 4.26. The van der Waals surface area contributed by atoms with Crippen molar-refractivity contribution in [3.8, 4) is 0 Å². The van der Waals surface area contributed by atoms with Crippen molar-refractivity contribution in [1.82, 2.24) is 4.72 Å². The molecule has 0 fully saturated rings. The van der Waals surface area contributed by atoms with E-state index in [1.54, 1.807) is 18.1 Å². The Bertz CT molecular complexity index is 54.5. The topological polar surface area (TPSA) is 12.0 Å². The zero-order chi connectivity index (χ0) is 6.24. The van der Waals surface area contributed by atoms with Gasteiger partial charge in [0, 0.05) is 12.0 Å². The van der Waals surface area contributed by atoms with Crippen LogP contribution in [-0.4, -0.2) is 5.75 Å². The van der Waals surface area contributed by atoms with Gasteiger partial charge in [-0.25, -0.2) is 0 Å². The Hall–Kier alpha value is -0.110. The molecule has 0 saturated carbocycles. The Labute approximate surface area is 55.7 Å². The van der Waals surface area contributed by atoms with Crippen molar-refractivity contribution in [1.29, 1.82) is 0 Å². The lowest BCUT2D eigenvalue weighted by atomic mass is 10.4. The van der Waals surface area contributed by atoms with Crippen LogP contribution in [0.1, 0.15) is 19.8 Å². The Morgan fingerprint density at radius 3 is 3.00 bits per heavy atom. The summed E-state index contributed by atoms with van der Waals surface area (Å²) < 4.78 is 2.96. The summed E-state index contributed by atoms with van der Waals surface area (Å²) in [4.78, 5) is 0. The summed E-state index contributed by atoms with van der Waals surface area (Å²) in [5, 5.41) is 0. The van der Waals surface area contributed by atoms with Gasteiger partial charge in [-0.05, 0) is 6.42 Å². The molecule has 0 radical (unpaired) electrons. The van der Waals surface area contributed by atoms with E-state index in [1.165, 1.54) is 18.6 Å². The Morgan fingerprint density at radius 1 is 1.75 bits per heavy atom. The van der Waals surface area contributed by atoms with Gasteiger partial charge in [0.15, 0.2) is 0 Å². The Balaban J connectivity index is 2.62. The molecule has 8 heavy (non-hydrogen) atoms. The first kappa shape index (κ1) is 7.89. The van der Waals surface area contributed by atoms with E-state index in [9.17, 15) is 0 Å². The van der Waals surface area contributed by atoms with Gasteiger partial charge in [0.05, 0.1) is 0 Å². The minimum absolute atomic E-state index is 1.18. The van der Waals surface area contributed by atoms with Crippen LogP contribution in [0.4, 0.5) is 0 Å². The van der Waals surface area contributed by atoms with Crippen molar-refractivity contribution < 1.29 is 0 Å². The molecule has 0 heterocycles. The van der Waals surface area contributed by atoms with Crippen molar-refractivity contribution in [2.75, 3.05) is 5.75 Å². The largest absolute Gasteiger partial charge is 0.337 e. The molecule has 0 atom stereocenters. The van der Waals surface area contributed by atoms with Crippen LogP contribution in [0.3, 0.4) is 0 Å². The highest BCUT2D eigenvalue weighted by atomic mass is 32.2. The maximum absolute atomic E-state index is 3.53. The first-order chi connectivity index (χ1) is 3.91. The van der Waals surface area contributed by atoms with Gasteiger partial charge >= 0.3 is 0 Å². The molecule has 1 N–H and O–H groups in total. The summed E-state index contributed by atoms with van der Waals surface area (Å²) in [6.45, 7) is 5.72. The van der Waals surface area contributed by atoms with Gasteiger partial charge in [-0.3, -0.25) is 0 Å². The maximum Gasteiger partial charge on any atom is 0.0132 e. The molecular weight excluding hydrogens is 118 g/mol. The molecule has 0 aromatic heterocycles. The van der Waals surface area contributed by atoms with Crippen LogP contribution in [-0.2, 0) is 0 Å². The monoisotopic (exact) mass is 131 g/mol. The molecule has 0 amide bonds. The van der Waals surface area contributed by atoms with E-state index in [0.717, 1.165) is 0 Å². The Morgan fingerprint density at radius 2 is 2.50 bits per heavy atom. The second kappa shape index (κ2) is 6.89. The molecular formula is C6H13NS. The van der Waals surface area contributed by atoms with Crippen LogP contribution >= 0.6 is 11.9 Å². The second-order valence-electron chi connectivity index (χ2n) is 1.52. The molecule has 1 nitrogen and oxygen atoms in total. The standard InChI is InChI=1S/C6H13NS/c1-3-5-6-8-7-4-2/h4,7H,2-3,5-6H2,1H3. The van der Waals surface area contributed by atoms with E-state index >= 15 is 0 Å². The summed E-state index contributed by atoms with van der Waals surface area (Å²) >= 11 is 1.71. The molecule has 0 aliphatic rings. The summed E-state index contributed by atoms with van der Waals surface area (Å²) in [7, 11) is 0. The number of hydrogen-bond donors (Lipinski definition) is 1. The van der Waals surface area contributed by atoms with Gasteiger partial charge < -0.3 is 4.72 Å². The predicted octanol–water partition coefficient (Wildman–Crippen LogP) is 2.17. The average molecular weight is 131 g/mol. The zero-order valence-corrected chi connectivity index (χ0v) is 6.13. The molecule has 0 aliphatic carbocycles. The highest BCUT2D eigenvalue weighted by Gasteiger charge is 1.80. The van der Waals surface area contributed by atoms with Gasteiger partial charge in [0.1, 0.15) is 0 Å². The summed E-state index contributed by atoms with van der Waals surface area (Å²) in [6, 6.07) is 0. The van der Waals surface area contributed by atoms with Crippen molar-refractivity contribution in [3.05, 3.63) is 12.8 Å². The fourth-order valence-electron chi connectivity index (χ4n) is 0.334. The van der Waals surface area contributed by atoms with E-state index in [0.29, 0.717) is 0 Å². The molecule has 48 valence electrons. The molecule has 0 aliphatic heterocycles. The van der Waals surface area contributed by atoms with E-state index in [1.807, 2.05) is 0 Å². The minimum Gasteiger partial charge on any atom is -0.337 e. The van der Waals surface area contributed by atoms with E-state index in [4.69, 9.17) is 0 Å². The zero-order valence-electron chi connectivity index (χ0n) is 5.31. The maximum atomic E-state index is 3.53. The van der Waals surface area contributed by atoms with Gasteiger partial charge in [-0.2, -0.15) is 0 Å². The van der Waals surface area contributed by atoms with Crippen LogP contribution in [0.2, 0.25) is 0 Å². The van der Waals surface area contributed by atoms with Crippen LogP contribution in [0, 0.1) is 0 Å². The number of unbranched alkanes of at least 4 members (excludes halogenated alkanes) is 1. The lowest BCUT2D eigenvalue weighted by Crippen LogP contribution is -1.91. The first-order valence-corrected chi connectivity index (χ1v) is 3.88. The molecule has 0 bridgehead atoms. The fourth-order valence-corrected chi connectivity index (χ4v) is 1.00. The van der Waals surface area contributed by atoms with Crippen LogP contribution in [0.5, 0.6) is 0 Å². The van der Waals surface area contributed by atoms with E-state index in [-0.39, 0.29) is 0 Å². The van der Waals surface area contributed by atoms with Gasteiger partial charge in [0.2, 0.25) is 0 Å². The van der Waals surface area contributed by atoms with Crippen molar-refractivity contribution in [3.63, 3.8) is 0 Å². The van der Waals surface area contributed by atoms with Gasteiger partial charge in [-0.15, -0.1) is 0 Å². The van der Waals surface area contributed by atoms with Gasteiger partial charge in [0.25, 0.3) is 0 Å². The van der Waals surface area contributed by atoms with E-state index in [2.05, 4.69) is 18.2 Å². The minimum atomic E-state index is 1.18. The third kappa shape index (κ3) is 5.89. The quantitative estimate of drug-likeness (QED) is 0.453. The molecule has 0 saturated heterocycles. The number of rotatable bonds is 5. The average Bonchev–Trinajstić information content (AvgIpc) is 1.81. The lowest BCUT2D eigenvalue weighted by molar-refractivity contribution is 0.895. The Kier molecular flexibility index (Phi) is 6.80. The van der Waals surface area contributed by atoms with Gasteiger partial charge in [-0.1, -0.05) is 31.9 Å². The first-order valence-electron chi connectivity index (χ1n) is 2.90. The van der Waals surface area contributed by atoms with Crippen molar-refractivity contribution >= 4 is 11.9 Å². The molecule has 0 rings (SSSR count). The molecule has 0 spiro atoms. The molecule has 0 aromatic carbocycles. The third-order valence-electron chi connectivity index (χ3n) is 0.767. The summed E-state index contributed by atoms with van der Waals surface area (Å²) in [5.41, 5.74) is 0. The van der Waals surface area contributed by atoms with E-state index < -0.39 is 0 Å². The number of nitrogens with one attached hydrogen (secondary N) is 1. The normalized spacial score (nSPS) is 8.62. The van der Waals surface area contributed by atoms with Crippen LogP contribution < -0.4 is 4.72 Å². The highest BCUT2D eigenvalue weighted by molar-refractivity contribution is 7.97. The second-order valence-corrected chi connectivity index (χ2v) is 2.46. The van der Waals surface area contributed by atoms with Crippen molar-refractivity contribution in [2.45, 2.75) is 19.8 Å². The lowest BCUT2D eigenvalue weighted by Gasteiger charge is -1.95. The van der Waals surface area contributed by atoms with Crippen molar-refractivity contribution in [2.24, 2.45) is 0 Å². The number of hydrogen-bond acceptors (Lipinski definition) is 2. The summed E-state index contributed by atoms with van der Waals surface area (Å²) in [5.74, 6) is 1.18. The SMILES string of the molecule is C=CNSCCCC. The molecule has 0 aromatic rings. The van der Waals surface area contributed by atoms with Crippen LogP contribution in [0.15, 0.2) is 12.8 Å². The highest BCUT2D eigenvalue weighted by Crippen LogP contribution is 1.97. The third-order valence-corrected chi connectivity index (χ3v) is 1.59.